The minimum atomic E-state index is 0.00672. The van der Waals surface area contributed by atoms with Crippen LogP contribution in [-0.2, 0) is 0 Å². The first kappa shape index (κ1) is 17.9. The van der Waals surface area contributed by atoms with Gasteiger partial charge in [-0.05, 0) is 0 Å². The van der Waals surface area contributed by atoms with Crippen LogP contribution in [0.25, 0.3) is 0 Å². The van der Waals surface area contributed by atoms with E-state index in [-0.39, 0.29) is 20.7 Å². The average Bonchev–Trinajstić information content (AvgIpc) is 2.56. The van der Waals surface area contributed by atoms with Crippen molar-refractivity contribution in [2.24, 2.45) is 0 Å². The number of rotatable bonds is 6. The van der Waals surface area contributed by atoms with Gasteiger partial charge < -0.3 is 0 Å². The number of allylic oxidation sites excluding steroid dienone is 1. The number of Topliss-reactive ketones (excluding diaryl/α,β-unsaturated/α-hetero) is 1. The van der Waals surface area contributed by atoms with Gasteiger partial charge in [-0.1, -0.05) is 0 Å². The summed E-state index contributed by atoms with van der Waals surface area (Å²) in [6, 6.07) is 17.8. The van der Waals surface area contributed by atoms with E-state index in [4.69, 9.17) is 0 Å². The second-order valence-corrected chi connectivity index (χ2v) is 9.36. The summed E-state index contributed by atoms with van der Waals surface area (Å²) in [7, 11) is 0. The van der Waals surface area contributed by atoms with Crippen LogP contribution in [0.5, 0.6) is 0 Å². The fourth-order valence-corrected chi connectivity index (χ4v) is 6.48. The van der Waals surface area contributed by atoms with E-state index in [0.717, 1.165) is 18.7 Å². The van der Waals surface area contributed by atoms with Crippen LogP contribution in [0.4, 0.5) is 0 Å². The molecule has 0 amide bonds. The number of ketones is 1. The summed E-state index contributed by atoms with van der Waals surface area (Å²) >= 11 is 6.72. The van der Waals surface area contributed by atoms with E-state index in [2.05, 4.69) is 28.1 Å². The molecule has 22 heavy (non-hydrogen) atoms. The maximum atomic E-state index is 12.9. The standard InChI is InChI=1S/C17H15BrOS2Se/c1-20-17(21-2)16(22-14-6-4-3-5-7-14)15(19)12-8-10-13(18)11-9-12/h3-11H,1-2H3. The second kappa shape index (κ2) is 8.99. The van der Waals surface area contributed by atoms with Gasteiger partial charge in [0.2, 0.25) is 0 Å². The van der Waals surface area contributed by atoms with Gasteiger partial charge >= 0.3 is 155 Å². The van der Waals surface area contributed by atoms with Gasteiger partial charge in [0.05, 0.1) is 0 Å². The Hall–Kier alpha value is -0.451. The normalized spacial score (nSPS) is 10.3. The summed E-state index contributed by atoms with van der Waals surface area (Å²) in [5.74, 6) is 0.134. The SMILES string of the molecule is CSC(SC)=C([Se]c1ccccc1)C(=O)c1ccc(Br)cc1. The van der Waals surface area contributed by atoms with Crippen molar-refractivity contribution >= 4 is 64.7 Å². The molecule has 2 rings (SSSR count). The number of carbonyl (C=O) groups is 1. The van der Waals surface area contributed by atoms with Gasteiger partial charge in [0.15, 0.2) is 0 Å². The van der Waals surface area contributed by atoms with Crippen molar-refractivity contribution in [3.05, 3.63) is 73.3 Å². The molecule has 0 unspecified atom stereocenters. The fourth-order valence-electron chi connectivity index (χ4n) is 1.79. The van der Waals surface area contributed by atoms with Gasteiger partial charge in [-0.25, -0.2) is 0 Å². The van der Waals surface area contributed by atoms with Crippen molar-refractivity contribution in [3.8, 4) is 0 Å². The Morgan fingerprint density at radius 1 is 0.955 bits per heavy atom. The first-order valence-electron chi connectivity index (χ1n) is 6.51. The minimum absolute atomic E-state index is 0.00672. The molecule has 0 aliphatic rings. The number of benzene rings is 2. The van der Waals surface area contributed by atoms with E-state index in [0.29, 0.717) is 0 Å². The number of hydrogen-bond donors (Lipinski definition) is 0. The topological polar surface area (TPSA) is 17.1 Å². The van der Waals surface area contributed by atoms with Crippen molar-refractivity contribution in [1.29, 1.82) is 0 Å². The molecule has 0 heterocycles. The van der Waals surface area contributed by atoms with E-state index >= 15 is 0 Å². The van der Waals surface area contributed by atoms with Crippen LogP contribution >= 0.6 is 39.5 Å². The van der Waals surface area contributed by atoms with Crippen LogP contribution < -0.4 is 4.46 Å². The monoisotopic (exact) mass is 458 g/mol. The third-order valence-corrected chi connectivity index (χ3v) is 8.40. The van der Waals surface area contributed by atoms with E-state index in [9.17, 15) is 4.79 Å². The summed E-state index contributed by atoms with van der Waals surface area (Å²) < 4.78 is 4.24. The second-order valence-electron chi connectivity index (χ2n) is 4.28. The molecular formula is C17H15BrOS2Se. The molecule has 0 N–H and O–H groups in total. The Kier molecular flexibility index (Phi) is 7.32. The van der Waals surface area contributed by atoms with Crippen molar-refractivity contribution in [1.82, 2.24) is 0 Å². The number of hydrogen-bond acceptors (Lipinski definition) is 3. The van der Waals surface area contributed by atoms with Crippen LogP contribution in [-0.4, -0.2) is 33.3 Å². The Labute approximate surface area is 154 Å². The number of thioether (sulfide) groups is 2. The van der Waals surface area contributed by atoms with Crippen molar-refractivity contribution < 1.29 is 4.79 Å². The Balaban J connectivity index is 2.38. The molecule has 0 aliphatic carbocycles. The van der Waals surface area contributed by atoms with Crippen LogP contribution in [0, 0.1) is 0 Å². The summed E-state index contributed by atoms with van der Waals surface area (Å²) in [6.07, 6.45) is 4.06. The first-order valence-corrected chi connectivity index (χ1v) is 11.5. The fraction of sp³-hybridized carbons (Fsp3) is 0.118. The number of carbonyl (C=O) groups excluding carboxylic acids is 1. The van der Waals surface area contributed by atoms with Crippen LogP contribution in [0.1, 0.15) is 10.4 Å². The molecular weight excluding hydrogens is 443 g/mol. The summed E-state index contributed by atoms with van der Waals surface area (Å²) in [4.78, 5) is 12.9. The molecule has 0 saturated carbocycles. The van der Waals surface area contributed by atoms with Crippen molar-refractivity contribution in [2.45, 2.75) is 0 Å². The van der Waals surface area contributed by atoms with E-state index in [1.807, 2.05) is 55.0 Å². The molecule has 0 radical (unpaired) electrons. The molecule has 0 atom stereocenters. The van der Waals surface area contributed by atoms with Gasteiger partial charge in [0.1, 0.15) is 0 Å². The zero-order valence-corrected chi connectivity index (χ0v) is 17.1. The Morgan fingerprint density at radius 3 is 2.09 bits per heavy atom. The maximum absolute atomic E-state index is 12.9. The molecule has 114 valence electrons. The van der Waals surface area contributed by atoms with Gasteiger partial charge in [-0.3, -0.25) is 0 Å². The zero-order chi connectivity index (χ0) is 15.9. The molecule has 2 aromatic rings. The van der Waals surface area contributed by atoms with Crippen LogP contribution in [0.3, 0.4) is 0 Å². The summed E-state index contributed by atoms with van der Waals surface area (Å²) in [5.41, 5.74) is 0.747. The van der Waals surface area contributed by atoms with Gasteiger partial charge in [0.25, 0.3) is 0 Å². The summed E-state index contributed by atoms with van der Waals surface area (Å²) in [6.45, 7) is 0. The molecule has 0 saturated heterocycles. The average molecular weight is 458 g/mol. The van der Waals surface area contributed by atoms with Crippen LogP contribution in [0.2, 0.25) is 0 Å². The van der Waals surface area contributed by atoms with Gasteiger partial charge in [-0.15, -0.1) is 0 Å². The quantitative estimate of drug-likeness (QED) is 0.359. The predicted octanol–water partition coefficient (Wildman–Crippen LogP) is 4.56. The van der Waals surface area contributed by atoms with Crippen molar-refractivity contribution in [3.63, 3.8) is 0 Å². The molecule has 0 fully saturated rings. The molecule has 0 bridgehead atoms. The molecule has 5 heteroatoms. The van der Waals surface area contributed by atoms with E-state index < -0.39 is 0 Å². The Morgan fingerprint density at radius 2 is 1.55 bits per heavy atom. The zero-order valence-electron chi connectivity index (χ0n) is 12.2. The van der Waals surface area contributed by atoms with Crippen molar-refractivity contribution in [2.75, 3.05) is 12.5 Å². The predicted molar refractivity (Wildman–Crippen MR) is 104 cm³/mol. The third-order valence-electron chi connectivity index (χ3n) is 2.83. The molecule has 0 spiro atoms. The number of halogens is 1. The van der Waals surface area contributed by atoms with Gasteiger partial charge in [-0.2, -0.15) is 0 Å². The molecule has 2 aromatic carbocycles. The Bertz CT molecular complexity index is 663. The third kappa shape index (κ3) is 4.77. The van der Waals surface area contributed by atoms with E-state index in [1.165, 1.54) is 4.46 Å². The summed E-state index contributed by atoms with van der Waals surface area (Å²) in [5, 5.41) is 0. The molecule has 1 nitrogen and oxygen atoms in total. The van der Waals surface area contributed by atoms with Gasteiger partial charge in [0, 0.05) is 0 Å². The van der Waals surface area contributed by atoms with E-state index in [1.54, 1.807) is 23.5 Å². The first-order chi connectivity index (χ1) is 10.7. The molecule has 0 aliphatic heterocycles. The molecule has 0 aromatic heterocycles. The van der Waals surface area contributed by atoms with Crippen LogP contribution in [0.15, 0.2) is 67.8 Å².